The third-order valence-electron chi connectivity index (χ3n) is 2.74. The summed E-state index contributed by atoms with van der Waals surface area (Å²) in [6, 6.07) is -0.203. The van der Waals surface area contributed by atoms with Crippen molar-refractivity contribution in [3.05, 3.63) is 0 Å². The highest BCUT2D eigenvalue weighted by atomic mass is 16.6. The lowest BCUT2D eigenvalue weighted by molar-refractivity contribution is -0.134. The fourth-order valence-electron chi connectivity index (χ4n) is 1.71. The summed E-state index contributed by atoms with van der Waals surface area (Å²) in [7, 11) is 0. The van der Waals surface area contributed by atoms with Crippen molar-refractivity contribution in [2.24, 2.45) is 0 Å². The van der Waals surface area contributed by atoms with Crippen molar-refractivity contribution in [3.8, 4) is 0 Å². The second-order valence-electron chi connectivity index (χ2n) is 4.60. The monoisotopic (exact) mass is 272 g/mol. The molecular formula is C11H16N2O6. The van der Waals surface area contributed by atoms with Crippen LogP contribution in [0.25, 0.3) is 0 Å². The van der Waals surface area contributed by atoms with E-state index < -0.39 is 5.97 Å². The lowest BCUT2D eigenvalue weighted by Crippen LogP contribution is -2.36. The second kappa shape index (κ2) is 5.54. The average molecular weight is 272 g/mol. The van der Waals surface area contributed by atoms with Gasteiger partial charge in [-0.05, 0) is 0 Å². The van der Waals surface area contributed by atoms with Crippen LogP contribution in [0.5, 0.6) is 0 Å². The van der Waals surface area contributed by atoms with Crippen molar-refractivity contribution >= 4 is 17.9 Å². The summed E-state index contributed by atoms with van der Waals surface area (Å²) in [5, 5.41) is 7.42. The molecular weight excluding hydrogens is 256 g/mol. The van der Waals surface area contributed by atoms with Crippen LogP contribution in [-0.4, -0.2) is 77.9 Å². The van der Waals surface area contributed by atoms with Gasteiger partial charge in [-0.1, -0.05) is 0 Å². The summed E-state index contributed by atoms with van der Waals surface area (Å²) >= 11 is 0. The number of epoxide rings is 2. The molecule has 0 aromatic heterocycles. The number of amides is 3. The number of carbonyl (C=O) groups is 3. The zero-order valence-corrected chi connectivity index (χ0v) is 10.6. The molecule has 0 radical (unpaired) electrons. The third kappa shape index (κ3) is 4.18. The second-order valence-corrected chi connectivity index (χ2v) is 4.60. The fraction of sp³-hybridized carbons (Fsp3) is 0.727. The Hall–Kier alpha value is -1.67. The Morgan fingerprint density at radius 3 is 2.21 bits per heavy atom. The van der Waals surface area contributed by atoms with E-state index in [0.717, 1.165) is 6.92 Å². The molecule has 3 aliphatic rings. The molecule has 0 aromatic rings. The number of imide groups is 1. The Bertz CT molecular complexity index is 387. The number of hydrogen-bond acceptors (Lipinski definition) is 5. The molecule has 8 heteroatoms. The van der Waals surface area contributed by atoms with Crippen molar-refractivity contribution in [1.29, 1.82) is 0 Å². The first-order valence-electron chi connectivity index (χ1n) is 5.99. The first-order valence-corrected chi connectivity index (χ1v) is 5.99. The van der Waals surface area contributed by atoms with Gasteiger partial charge in [0.05, 0.1) is 38.5 Å². The maximum absolute atomic E-state index is 11.8. The van der Waals surface area contributed by atoms with E-state index in [1.165, 1.54) is 4.90 Å². The lowest BCUT2D eigenvalue weighted by atomic mass is 10.4. The largest absolute Gasteiger partial charge is 0.481 e. The van der Waals surface area contributed by atoms with Crippen LogP contribution in [-0.2, 0) is 19.1 Å². The summed E-state index contributed by atoms with van der Waals surface area (Å²) < 4.78 is 10.0. The molecule has 3 aliphatic heterocycles. The molecule has 3 fully saturated rings. The number of urea groups is 1. The topological polar surface area (TPSA) is 103 Å². The van der Waals surface area contributed by atoms with Gasteiger partial charge in [0.15, 0.2) is 0 Å². The number of ether oxygens (including phenoxy) is 2. The molecule has 19 heavy (non-hydrogen) atoms. The quantitative estimate of drug-likeness (QED) is 0.527. The smallest absolute Gasteiger partial charge is 0.327 e. The van der Waals surface area contributed by atoms with Gasteiger partial charge in [0, 0.05) is 6.92 Å². The number of rotatable bonds is 4. The Balaban J connectivity index is 0.000000297. The molecule has 3 heterocycles. The highest BCUT2D eigenvalue weighted by Crippen LogP contribution is 2.19. The maximum Gasteiger partial charge on any atom is 0.327 e. The van der Waals surface area contributed by atoms with Crippen LogP contribution < -0.4 is 0 Å². The van der Waals surface area contributed by atoms with Crippen molar-refractivity contribution in [2.45, 2.75) is 19.1 Å². The minimum absolute atomic E-state index is 0.0648. The molecule has 2 atom stereocenters. The van der Waals surface area contributed by atoms with Crippen LogP contribution in [0.3, 0.4) is 0 Å². The lowest BCUT2D eigenvalue weighted by Gasteiger charge is -2.14. The van der Waals surface area contributed by atoms with Crippen LogP contribution >= 0.6 is 0 Å². The zero-order valence-electron chi connectivity index (χ0n) is 10.6. The van der Waals surface area contributed by atoms with Crippen LogP contribution in [0, 0.1) is 0 Å². The highest BCUT2D eigenvalue weighted by Gasteiger charge is 2.41. The molecule has 3 amide bonds. The van der Waals surface area contributed by atoms with E-state index >= 15 is 0 Å². The molecule has 106 valence electrons. The van der Waals surface area contributed by atoms with Gasteiger partial charge in [0.25, 0.3) is 5.97 Å². The summed E-state index contributed by atoms with van der Waals surface area (Å²) in [6.07, 6.45) is 0.203. The first-order chi connectivity index (χ1) is 8.97. The average Bonchev–Trinajstić information content (AvgIpc) is 3.17. The van der Waals surface area contributed by atoms with E-state index in [1.807, 2.05) is 0 Å². The van der Waals surface area contributed by atoms with Crippen molar-refractivity contribution in [1.82, 2.24) is 9.80 Å². The van der Waals surface area contributed by atoms with Gasteiger partial charge in [-0.15, -0.1) is 0 Å². The molecule has 3 saturated heterocycles. The standard InChI is InChI=1S/C9H12N2O4.C2H4O2/c12-8-3-10(1-6-4-14-6)9(13)11(8)2-7-5-15-7;1-2(3)4/h6-7H,1-5H2;1H3,(H,3,4). The SMILES string of the molecule is CC(=O)O.O=C1CN(CC2CO2)C(=O)N1CC1CO1. The molecule has 8 nitrogen and oxygen atoms in total. The Kier molecular flexibility index (Phi) is 4.01. The Labute approximate surface area is 109 Å². The normalized spacial score (nSPS) is 28.1. The molecule has 0 saturated carbocycles. The van der Waals surface area contributed by atoms with E-state index in [2.05, 4.69) is 0 Å². The van der Waals surface area contributed by atoms with Crippen LogP contribution in [0.4, 0.5) is 4.79 Å². The van der Waals surface area contributed by atoms with Crippen molar-refractivity contribution < 1.29 is 29.0 Å². The molecule has 1 N–H and O–H groups in total. The van der Waals surface area contributed by atoms with E-state index in [1.54, 1.807) is 4.90 Å². The third-order valence-corrected chi connectivity index (χ3v) is 2.74. The highest BCUT2D eigenvalue weighted by molar-refractivity contribution is 6.02. The number of carbonyl (C=O) groups excluding carboxylic acids is 2. The van der Waals surface area contributed by atoms with Gasteiger partial charge in [-0.3, -0.25) is 14.5 Å². The molecule has 0 spiro atoms. The van der Waals surface area contributed by atoms with Gasteiger partial charge in [-0.2, -0.15) is 0 Å². The molecule has 3 rings (SSSR count). The predicted octanol–water partition coefficient (Wildman–Crippen LogP) is -0.861. The molecule has 0 aliphatic carbocycles. The van der Waals surface area contributed by atoms with Gasteiger partial charge in [-0.25, -0.2) is 4.79 Å². The number of hydrogen-bond donors (Lipinski definition) is 1. The zero-order chi connectivity index (χ0) is 14.0. The van der Waals surface area contributed by atoms with Gasteiger partial charge < -0.3 is 19.5 Å². The molecule has 0 aromatic carbocycles. The molecule has 2 unspecified atom stereocenters. The summed E-state index contributed by atoms with van der Waals surface area (Å²) in [4.78, 5) is 35.1. The van der Waals surface area contributed by atoms with Crippen molar-refractivity contribution in [3.63, 3.8) is 0 Å². The van der Waals surface area contributed by atoms with E-state index in [9.17, 15) is 9.59 Å². The maximum atomic E-state index is 11.8. The summed E-state index contributed by atoms with van der Waals surface area (Å²) in [5.41, 5.74) is 0. The van der Waals surface area contributed by atoms with Crippen molar-refractivity contribution in [2.75, 3.05) is 32.8 Å². The fourth-order valence-corrected chi connectivity index (χ4v) is 1.71. The minimum Gasteiger partial charge on any atom is -0.481 e. The number of aliphatic carboxylic acids is 1. The number of carboxylic acid groups (broad SMARTS) is 1. The number of carboxylic acids is 1. The first kappa shape index (κ1) is 13.8. The molecule has 0 bridgehead atoms. The van der Waals surface area contributed by atoms with Crippen LogP contribution in [0.1, 0.15) is 6.92 Å². The number of nitrogens with zero attached hydrogens (tertiary/aromatic N) is 2. The van der Waals surface area contributed by atoms with E-state index in [4.69, 9.17) is 19.4 Å². The van der Waals surface area contributed by atoms with Gasteiger partial charge in [0.1, 0.15) is 6.54 Å². The van der Waals surface area contributed by atoms with Crippen LogP contribution in [0.2, 0.25) is 0 Å². The van der Waals surface area contributed by atoms with E-state index in [-0.39, 0.29) is 30.7 Å². The van der Waals surface area contributed by atoms with Crippen LogP contribution in [0.15, 0.2) is 0 Å². The van der Waals surface area contributed by atoms with Gasteiger partial charge in [0.2, 0.25) is 5.91 Å². The Morgan fingerprint density at radius 2 is 1.74 bits per heavy atom. The summed E-state index contributed by atoms with van der Waals surface area (Å²) in [6.45, 7) is 3.56. The van der Waals surface area contributed by atoms with E-state index in [0.29, 0.717) is 26.3 Å². The minimum atomic E-state index is -0.833. The summed E-state index contributed by atoms with van der Waals surface area (Å²) in [5.74, 6) is -0.962. The Morgan fingerprint density at radius 1 is 1.26 bits per heavy atom. The van der Waals surface area contributed by atoms with Gasteiger partial charge >= 0.3 is 6.03 Å². The predicted molar refractivity (Wildman–Crippen MR) is 61.5 cm³/mol.